The second-order valence-electron chi connectivity index (χ2n) is 5.97. The second-order valence-corrected chi connectivity index (χ2v) is 5.97. The van der Waals surface area contributed by atoms with Gasteiger partial charge in [-0.2, -0.15) is 0 Å². The summed E-state index contributed by atoms with van der Waals surface area (Å²) in [6.07, 6.45) is 0. The number of hydrogen-bond donors (Lipinski definition) is 2. The van der Waals surface area contributed by atoms with Crippen molar-refractivity contribution in [3.8, 4) is 17.0 Å². The zero-order valence-corrected chi connectivity index (χ0v) is 14.4. The molecule has 2 rings (SSSR count). The van der Waals surface area contributed by atoms with Crippen LogP contribution in [0.4, 0.5) is 4.39 Å². The maximum atomic E-state index is 14.1. The van der Waals surface area contributed by atoms with Crippen molar-refractivity contribution in [3.63, 3.8) is 0 Å². The number of benzene rings is 1. The number of ether oxygens (including phenoxy) is 1. The van der Waals surface area contributed by atoms with Gasteiger partial charge in [0.15, 0.2) is 0 Å². The number of hydrogen-bond acceptors (Lipinski definition) is 4. The molecule has 0 unspecified atom stereocenters. The molecule has 2 aromatic rings. The van der Waals surface area contributed by atoms with Crippen LogP contribution in [0.2, 0.25) is 0 Å². The summed E-state index contributed by atoms with van der Waals surface area (Å²) in [5.41, 5.74) is 1.84. The summed E-state index contributed by atoms with van der Waals surface area (Å²) in [7, 11) is 0. The average Bonchev–Trinajstić information content (AvgIpc) is 2.57. The van der Waals surface area contributed by atoms with Crippen molar-refractivity contribution >= 4 is 0 Å². The fraction of sp³-hybridized carbons (Fsp3) is 0.421. The van der Waals surface area contributed by atoms with Gasteiger partial charge in [0.25, 0.3) is 0 Å². The molecule has 2 N–H and O–H groups in total. The summed E-state index contributed by atoms with van der Waals surface area (Å²) < 4.78 is 19.7. The van der Waals surface area contributed by atoms with E-state index in [0.717, 1.165) is 11.3 Å². The van der Waals surface area contributed by atoms with Gasteiger partial charge in [0.1, 0.15) is 11.6 Å². The number of nitrogens with zero attached hydrogens (tertiary/aromatic N) is 1. The Labute approximate surface area is 142 Å². The number of halogens is 1. The van der Waals surface area contributed by atoms with Gasteiger partial charge in [-0.15, -0.1) is 0 Å². The Morgan fingerprint density at radius 3 is 2.62 bits per heavy atom. The highest BCUT2D eigenvalue weighted by atomic mass is 19.1. The van der Waals surface area contributed by atoms with E-state index in [1.165, 1.54) is 6.07 Å². The fourth-order valence-electron chi connectivity index (χ4n) is 2.46. The van der Waals surface area contributed by atoms with Gasteiger partial charge in [0.2, 0.25) is 0 Å². The summed E-state index contributed by atoms with van der Waals surface area (Å²) in [6.45, 7) is 6.76. The number of para-hydroxylation sites is 1. The first-order chi connectivity index (χ1) is 11.6. The first kappa shape index (κ1) is 18.4. The normalized spacial score (nSPS) is 12.4. The summed E-state index contributed by atoms with van der Waals surface area (Å²) in [6, 6.07) is 10.6. The summed E-state index contributed by atoms with van der Waals surface area (Å²) in [5.74, 6) is 0.619. The van der Waals surface area contributed by atoms with Crippen LogP contribution >= 0.6 is 0 Å². The molecule has 0 spiro atoms. The molecule has 0 fully saturated rings. The van der Waals surface area contributed by atoms with Crippen LogP contribution in [0.5, 0.6) is 5.75 Å². The van der Waals surface area contributed by atoms with Gasteiger partial charge in [-0.25, -0.2) is 9.37 Å². The van der Waals surface area contributed by atoms with Crippen LogP contribution < -0.4 is 10.1 Å². The SMILES string of the molecule is CCOc1ccccc1-c1ccc(F)c(CN[C@@H](CO)C(C)C)n1. The lowest BCUT2D eigenvalue weighted by Crippen LogP contribution is -2.36. The van der Waals surface area contributed by atoms with Crippen LogP contribution in [0, 0.1) is 11.7 Å². The molecule has 0 bridgehead atoms. The molecule has 0 aliphatic rings. The van der Waals surface area contributed by atoms with Gasteiger partial charge in [-0.3, -0.25) is 0 Å². The van der Waals surface area contributed by atoms with Crippen molar-refractivity contribution in [3.05, 3.63) is 47.9 Å². The van der Waals surface area contributed by atoms with Crippen molar-refractivity contribution in [2.24, 2.45) is 5.92 Å². The number of aliphatic hydroxyl groups excluding tert-OH is 1. The third kappa shape index (κ3) is 4.52. The lowest BCUT2D eigenvalue weighted by Gasteiger charge is -2.20. The maximum absolute atomic E-state index is 14.1. The molecule has 130 valence electrons. The van der Waals surface area contributed by atoms with E-state index in [1.807, 2.05) is 45.0 Å². The first-order valence-electron chi connectivity index (χ1n) is 8.28. The molecule has 0 radical (unpaired) electrons. The Kier molecular flexibility index (Phi) is 6.70. The van der Waals surface area contributed by atoms with Crippen LogP contribution in [-0.2, 0) is 6.54 Å². The van der Waals surface area contributed by atoms with Crippen LogP contribution in [-0.4, -0.2) is 29.3 Å². The van der Waals surface area contributed by atoms with Crippen molar-refractivity contribution in [2.45, 2.75) is 33.4 Å². The standard InChI is InChI=1S/C19H25FN2O2/c1-4-24-19-8-6-5-7-14(19)16-10-9-15(20)17(22-16)11-21-18(12-23)13(2)3/h5-10,13,18,21,23H,4,11-12H2,1-3H3/t18-/m0/s1. The third-order valence-corrected chi connectivity index (χ3v) is 3.91. The molecule has 0 aliphatic carbocycles. The van der Waals surface area contributed by atoms with Crippen LogP contribution in [0.15, 0.2) is 36.4 Å². The van der Waals surface area contributed by atoms with E-state index >= 15 is 0 Å². The molecule has 1 heterocycles. The van der Waals surface area contributed by atoms with E-state index in [1.54, 1.807) is 6.07 Å². The number of rotatable bonds is 8. The quantitative estimate of drug-likeness (QED) is 0.778. The molecule has 0 aliphatic heterocycles. The third-order valence-electron chi connectivity index (χ3n) is 3.91. The average molecular weight is 332 g/mol. The molecule has 1 aromatic carbocycles. The van der Waals surface area contributed by atoms with Crippen LogP contribution in [0.25, 0.3) is 11.3 Å². The minimum atomic E-state index is -0.361. The molecule has 1 atom stereocenters. The molecule has 1 aromatic heterocycles. The summed E-state index contributed by atoms with van der Waals surface area (Å²) >= 11 is 0. The number of nitrogens with one attached hydrogen (secondary N) is 1. The smallest absolute Gasteiger partial charge is 0.146 e. The number of pyridine rings is 1. The highest BCUT2D eigenvalue weighted by Crippen LogP contribution is 2.29. The zero-order valence-electron chi connectivity index (χ0n) is 14.4. The monoisotopic (exact) mass is 332 g/mol. The largest absolute Gasteiger partial charge is 0.493 e. The van der Waals surface area contributed by atoms with Crippen LogP contribution in [0.1, 0.15) is 26.5 Å². The van der Waals surface area contributed by atoms with Gasteiger partial charge in [-0.1, -0.05) is 26.0 Å². The van der Waals surface area contributed by atoms with Crippen molar-refractivity contribution in [1.29, 1.82) is 0 Å². The maximum Gasteiger partial charge on any atom is 0.146 e. The predicted molar refractivity (Wildman–Crippen MR) is 93.4 cm³/mol. The van der Waals surface area contributed by atoms with E-state index in [0.29, 0.717) is 18.0 Å². The second kappa shape index (κ2) is 8.76. The van der Waals surface area contributed by atoms with Gasteiger partial charge in [0.05, 0.1) is 24.6 Å². The fourth-order valence-corrected chi connectivity index (χ4v) is 2.46. The Bertz CT molecular complexity index is 662. The predicted octanol–water partition coefficient (Wildman–Crippen LogP) is 3.39. The number of aromatic nitrogens is 1. The minimum Gasteiger partial charge on any atom is -0.493 e. The molecular formula is C19H25FN2O2. The van der Waals surface area contributed by atoms with E-state index in [9.17, 15) is 9.50 Å². The van der Waals surface area contributed by atoms with E-state index in [4.69, 9.17) is 4.74 Å². The number of aliphatic hydroxyl groups is 1. The van der Waals surface area contributed by atoms with Gasteiger partial charge in [0, 0.05) is 18.2 Å². The Balaban J connectivity index is 2.26. The zero-order chi connectivity index (χ0) is 17.5. The lowest BCUT2D eigenvalue weighted by atomic mass is 10.1. The Hall–Kier alpha value is -1.98. The first-order valence-corrected chi connectivity index (χ1v) is 8.28. The molecule has 24 heavy (non-hydrogen) atoms. The Morgan fingerprint density at radius 2 is 1.96 bits per heavy atom. The van der Waals surface area contributed by atoms with Crippen molar-refractivity contribution < 1.29 is 14.2 Å². The Morgan fingerprint density at radius 1 is 1.21 bits per heavy atom. The topological polar surface area (TPSA) is 54.4 Å². The highest BCUT2D eigenvalue weighted by molar-refractivity contribution is 5.67. The van der Waals surface area contributed by atoms with Crippen molar-refractivity contribution in [2.75, 3.05) is 13.2 Å². The molecule has 0 saturated carbocycles. The van der Waals surface area contributed by atoms with Gasteiger partial charge in [-0.05, 0) is 37.1 Å². The van der Waals surface area contributed by atoms with E-state index < -0.39 is 0 Å². The molecule has 0 saturated heterocycles. The molecule has 0 amide bonds. The molecule has 5 heteroatoms. The summed E-state index contributed by atoms with van der Waals surface area (Å²) in [4.78, 5) is 4.45. The van der Waals surface area contributed by atoms with Gasteiger partial charge >= 0.3 is 0 Å². The van der Waals surface area contributed by atoms with E-state index in [2.05, 4.69) is 10.3 Å². The minimum absolute atomic E-state index is 0.00610. The molecular weight excluding hydrogens is 307 g/mol. The lowest BCUT2D eigenvalue weighted by molar-refractivity contribution is 0.209. The van der Waals surface area contributed by atoms with Crippen LogP contribution in [0.3, 0.4) is 0 Å². The van der Waals surface area contributed by atoms with Gasteiger partial charge < -0.3 is 15.2 Å². The molecule has 4 nitrogen and oxygen atoms in total. The van der Waals surface area contributed by atoms with E-state index in [-0.39, 0.29) is 30.9 Å². The van der Waals surface area contributed by atoms with Crippen molar-refractivity contribution in [1.82, 2.24) is 10.3 Å². The highest BCUT2D eigenvalue weighted by Gasteiger charge is 2.15. The summed E-state index contributed by atoms with van der Waals surface area (Å²) in [5, 5.41) is 12.5.